The number of benzene rings is 1. The van der Waals surface area contributed by atoms with Gasteiger partial charge < -0.3 is 15.4 Å². The Morgan fingerprint density at radius 1 is 1.07 bits per heavy atom. The summed E-state index contributed by atoms with van der Waals surface area (Å²) >= 11 is 0. The smallest absolute Gasteiger partial charge is 0.191 e. The van der Waals surface area contributed by atoms with Gasteiger partial charge in [0.2, 0.25) is 0 Å². The van der Waals surface area contributed by atoms with Gasteiger partial charge in [0.1, 0.15) is 5.75 Å². The van der Waals surface area contributed by atoms with E-state index in [9.17, 15) is 0 Å². The first-order chi connectivity index (χ1) is 14.5. The Morgan fingerprint density at radius 3 is 2.50 bits per heavy atom. The number of aliphatic imine (C=N–C) groups is 1. The first-order valence-electron chi connectivity index (χ1n) is 10.1. The molecule has 7 heteroatoms. The van der Waals surface area contributed by atoms with Crippen molar-refractivity contribution in [2.45, 2.75) is 33.7 Å². The highest BCUT2D eigenvalue weighted by molar-refractivity contribution is 5.79. The van der Waals surface area contributed by atoms with Crippen molar-refractivity contribution < 1.29 is 4.74 Å². The summed E-state index contributed by atoms with van der Waals surface area (Å²) in [7, 11) is 3.48. The van der Waals surface area contributed by atoms with Gasteiger partial charge in [-0.05, 0) is 62.1 Å². The fourth-order valence-corrected chi connectivity index (χ4v) is 3.26. The second-order valence-corrected chi connectivity index (χ2v) is 7.27. The molecule has 0 aliphatic rings. The lowest BCUT2D eigenvalue weighted by Crippen LogP contribution is -2.37. The number of hydrogen-bond donors (Lipinski definition) is 2. The Morgan fingerprint density at radius 2 is 1.87 bits per heavy atom. The van der Waals surface area contributed by atoms with Gasteiger partial charge in [-0.3, -0.25) is 4.99 Å². The van der Waals surface area contributed by atoms with Crippen LogP contribution in [0.5, 0.6) is 5.75 Å². The van der Waals surface area contributed by atoms with E-state index in [1.807, 2.05) is 43.8 Å². The van der Waals surface area contributed by atoms with Crippen molar-refractivity contribution >= 4 is 5.96 Å². The number of nitrogens with one attached hydrogen (secondary N) is 2. The summed E-state index contributed by atoms with van der Waals surface area (Å²) in [6, 6.07) is 12.4. The molecule has 158 valence electrons. The predicted octanol–water partition coefficient (Wildman–Crippen LogP) is 3.11. The van der Waals surface area contributed by atoms with Crippen molar-refractivity contribution in [3.05, 3.63) is 70.7 Å². The monoisotopic (exact) mass is 406 g/mol. The topological polar surface area (TPSA) is 76.4 Å². The standard InChI is InChI=1S/C23H30N6O/c1-16-6-7-19(13-21(16)30-5)10-11-25-23(24-4)27-15-20-8-9-22(26-14-20)29-18(3)12-17(2)28-29/h6-9,12-14H,10-11,15H2,1-5H3,(H2,24,25,27). The van der Waals surface area contributed by atoms with Gasteiger partial charge >= 0.3 is 0 Å². The Bertz CT molecular complexity index is 1010. The molecule has 0 aliphatic heterocycles. The molecule has 0 radical (unpaired) electrons. The normalized spacial score (nSPS) is 11.4. The second kappa shape index (κ2) is 9.91. The summed E-state index contributed by atoms with van der Waals surface area (Å²) in [4.78, 5) is 8.84. The lowest BCUT2D eigenvalue weighted by atomic mass is 10.1. The third-order valence-electron chi connectivity index (χ3n) is 4.90. The van der Waals surface area contributed by atoms with Crippen molar-refractivity contribution in [3.63, 3.8) is 0 Å². The van der Waals surface area contributed by atoms with E-state index < -0.39 is 0 Å². The highest BCUT2D eigenvalue weighted by Gasteiger charge is 2.06. The number of nitrogens with zero attached hydrogens (tertiary/aromatic N) is 4. The van der Waals surface area contributed by atoms with Gasteiger partial charge in [-0.15, -0.1) is 0 Å². The average molecular weight is 407 g/mol. The van der Waals surface area contributed by atoms with Crippen LogP contribution < -0.4 is 15.4 Å². The summed E-state index contributed by atoms with van der Waals surface area (Å²) in [5.41, 5.74) is 5.50. The maximum Gasteiger partial charge on any atom is 0.191 e. The quantitative estimate of drug-likeness (QED) is 0.466. The molecule has 0 atom stereocenters. The number of aryl methyl sites for hydroxylation is 3. The molecule has 0 bridgehead atoms. The van der Waals surface area contributed by atoms with Gasteiger partial charge in [0, 0.05) is 32.0 Å². The minimum Gasteiger partial charge on any atom is -0.496 e. The highest BCUT2D eigenvalue weighted by atomic mass is 16.5. The van der Waals surface area contributed by atoms with Gasteiger partial charge in [0.05, 0.1) is 12.8 Å². The summed E-state index contributed by atoms with van der Waals surface area (Å²) in [6.07, 6.45) is 2.75. The number of ether oxygens (including phenoxy) is 1. The van der Waals surface area contributed by atoms with Crippen LogP contribution in [0.3, 0.4) is 0 Å². The van der Waals surface area contributed by atoms with Gasteiger partial charge in [0.25, 0.3) is 0 Å². The molecule has 0 aliphatic carbocycles. The molecule has 3 aromatic rings. The molecule has 1 aromatic carbocycles. The zero-order chi connectivity index (χ0) is 21.5. The number of pyridine rings is 1. The lowest BCUT2D eigenvalue weighted by molar-refractivity contribution is 0.411. The van der Waals surface area contributed by atoms with Crippen LogP contribution >= 0.6 is 0 Å². The minimum atomic E-state index is 0.641. The van der Waals surface area contributed by atoms with Crippen LogP contribution in [-0.2, 0) is 13.0 Å². The molecule has 3 rings (SSSR count). The summed E-state index contributed by atoms with van der Waals surface area (Å²) in [6.45, 7) is 7.48. The third-order valence-corrected chi connectivity index (χ3v) is 4.90. The van der Waals surface area contributed by atoms with E-state index in [1.165, 1.54) is 5.56 Å². The number of rotatable bonds is 7. The van der Waals surface area contributed by atoms with Gasteiger partial charge in [-0.25, -0.2) is 9.67 Å². The van der Waals surface area contributed by atoms with E-state index in [2.05, 4.69) is 50.0 Å². The van der Waals surface area contributed by atoms with Crippen molar-refractivity contribution in [2.75, 3.05) is 20.7 Å². The molecule has 30 heavy (non-hydrogen) atoms. The zero-order valence-electron chi connectivity index (χ0n) is 18.4. The molecule has 2 N–H and O–H groups in total. The van der Waals surface area contributed by atoms with Crippen molar-refractivity contribution in [2.24, 2.45) is 4.99 Å². The second-order valence-electron chi connectivity index (χ2n) is 7.27. The first kappa shape index (κ1) is 21.4. The number of hydrogen-bond acceptors (Lipinski definition) is 4. The fourth-order valence-electron chi connectivity index (χ4n) is 3.26. The summed E-state index contributed by atoms with van der Waals surface area (Å²) in [5, 5.41) is 11.2. The van der Waals surface area contributed by atoms with E-state index in [1.54, 1.807) is 14.2 Å². The predicted molar refractivity (Wildman–Crippen MR) is 120 cm³/mol. The van der Waals surface area contributed by atoms with Crippen LogP contribution in [0.25, 0.3) is 5.82 Å². The van der Waals surface area contributed by atoms with E-state index in [4.69, 9.17) is 4.74 Å². The maximum absolute atomic E-state index is 5.40. The molecule has 0 unspecified atom stereocenters. The van der Waals surface area contributed by atoms with Crippen LogP contribution in [0, 0.1) is 20.8 Å². The van der Waals surface area contributed by atoms with Crippen LogP contribution in [0.15, 0.2) is 47.6 Å². The minimum absolute atomic E-state index is 0.641. The number of aromatic nitrogens is 3. The summed E-state index contributed by atoms with van der Waals surface area (Å²) < 4.78 is 7.25. The Labute approximate surface area is 178 Å². The molecular formula is C23H30N6O. The fraction of sp³-hybridized carbons (Fsp3) is 0.348. The molecule has 2 aromatic heterocycles. The molecule has 0 spiro atoms. The van der Waals surface area contributed by atoms with Crippen molar-refractivity contribution in [3.8, 4) is 11.6 Å². The maximum atomic E-state index is 5.40. The first-order valence-corrected chi connectivity index (χ1v) is 10.1. The van der Waals surface area contributed by atoms with E-state index in [-0.39, 0.29) is 0 Å². The van der Waals surface area contributed by atoms with Crippen LogP contribution in [0.1, 0.15) is 28.1 Å². The number of methoxy groups -OCH3 is 1. The summed E-state index contributed by atoms with van der Waals surface area (Å²) in [5.74, 6) is 2.50. The Hall–Kier alpha value is -3.35. The van der Waals surface area contributed by atoms with Crippen LogP contribution in [0.2, 0.25) is 0 Å². The van der Waals surface area contributed by atoms with Gasteiger partial charge in [-0.2, -0.15) is 5.10 Å². The molecule has 7 nitrogen and oxygen atoms in total. The van der Waals surface area contributed by atoms with Crippen molar-refractivity contribution in [1.29, 1.82) is 0 Å². The SMILES string of the molecule is CN=C(NCCc1ccc(C)c(OC)c1)NCc1ccc(-n2nc(C)cc2C)nc1. The van der Waals surface area contributed by atoms with Crippen LogP contribution in [0.4, 0.5) is 0 Å². The van der Waals surface area contributed by atoms with E-state index >= 15 is 0 Å². The molecule has 0 amide bonds. The lowest BCUT2D eigenvalue weighted by Gasteiger charge is -2.13. The molecule has 0 fully saturated rings. The Balaban J connectivity index is 1.50. The molecule has 2 heterocycles. The zero-order valence-corrected chi connectivity index (χ0v) is 18.4. The largest absolute Gasteiger partial charge is 0.496 e. The van der Waals surface area contributed by atoms with E-state index in [0.717, 1.165) is 53.0 Å². The van der Waals surface area contributed by atoms with Gasteiger partial charge in [-0.1, -0.05) is 18.2 Å². The number of guanidine groups is 1. The Kier molecular flexibility index (Phi) is 7.06. The third kappa shape index (κ3) is 5.37. The van der Waals surface area contributed by atoms with Gasteiger partial charge in [0.15, 0.2) is 11.8 Å². The molecular weight excluding hydrogens is 376 g/mol. The molecule has 0 saturated heterocycles. The molecule has 0 saturated carbocycles. The average Bonchev–Trinajstić information content (AvgIpc) is 3.10. The van der Waals surface area contributed by atoms with Crippen molar-refractivity contribution in [1.82, 2.24) is 25.4 Å². The highest BCUT2D eigenvalue weighted by Crippen LogP contribution is 2.19. The van der Waals surface area contributed by atoms with E-state index in [0.29, 0.717) is 6.54 Å². The van der Waals surface area contributed by atoms with Crippen LogP contribution in [-0.4, -0.2) is 41.4 Å².